The summed E-state index contributed by atoms with van der Waals surface area (Å²) in [5, 5.41) is 0. The van der Waals surface area contributed by atoms with E-state index < -0.39 is 0 Å². The van der Waals surface area contributed by atoms with Gasteiger partial charge >= 0.3 is 0 Å². The van der Waals surface area contributed by atoms with Gasteiger partial charge in [0.15, 0.2) is 0 Å². The maximum Gasteiger partial charge on any atom is 0.127 e. The molecular formula is C16H17NO. The zero-order valence-electron chi connectivity index (χ0n) is 11.0. The fourth-order valence-electron chi connectivity index (χ4n) is 1.79. The predicted octanol–water partition coefficient (Wildman–Crippen LogP) is 4.06. The van der Waals surface area contributed by atoms with Crippen molar-refractivity contribution in [3.05, 3.63) is 59.2 Å². The Hall–Kier alpha value is -2.09. The molecule has 0 aliphatic rings. The third-order valence-electron chi connectivity index (χ3n) is 3.06. The van der Waals surface area contributed by atoms with Gasteiger partial charge in [-0.3, -0.25) is 4.99 Å². The van der Waals surface area contributed by atoms with Crippen molar-refractivity contribution >= 4 is 11.9 Å². The first-order valence-electron chi connectivity index (χ1n) is 5.95. The van der Waals surface area contributed by atoms with Gasteiger partial charge in [0.1, 0.15) is 5.75 Å². The average Bonchev–Trinajstić information content (AvgIpc) is 2.41. The molecule has 2 rings (SSSR count). The van der Waals surface area contributed by atoms with Crippen molar-refractivity contribution in [3.63, 3.8) is 0 Å². The minimum Gasteiger partial charge on any atom is -0.496 e. The van der Waals surface area contributed by atoms with Crippen LogP contribution in [0.5, 0.6) is 5.75 Å². The highest BCUT2D eigenvalue weighted by atomic mass is 16.5. The Balaban J connectivity index is 2.33. The largest absolute Gasteiger partial charge is 0.496 e. The number of hydrogen-bond acceptors (Lipinski definition) is 2. The van der Waals surface area contributed by atoms with Gasteiger partial charge in [0, 0.05) is 11.8 Å². The van der Waals surface area contributed by atoms with Crippen molar-refractivity contribution in [3.8, 4) is 5.75 Å². The lowest BCUT2D eigenvalue weighted by Crippen LogP contribution is -1.90. The summed E-state index contributed by atoms with van der Waals surface area (Å²) in [7, 11) is 1.67. The molecule has 0 fully saturated rings. The maximum atomic E-state index is 5.30. The van der Waals surface area contributed by atoms with Gasteiger partial charge in [-0.05, 0) is 43.2 Å². The molecule has 0 heterocycles. The van der Waals surface area contributed by atoms with Crippen LogP contribution in [0.2, 0.25) is 0 Å². The van der Waals surface area contributed by atoms with Gasteiger partial charge in [0.05, 0.1) is 12.8 Å². The molecule has 2 nitrogen and oxygen atoms in total. The number of hydrogen-bond donors (Lipinski definition) is 0. The number of methoxy groups -OCH3 is 1. The SMILES string of the molecule is COc1ccccc1C=Nc1cccc(C)c1C. The van der Waals surface area contributed by atoms with Crippen LogP contribution in [-0.4, -0.2) is 13.3 Å². The second-order valence-electron chi connectivity index (χ2n) is 4.22. The number of nitrogens with zero attached hydrogens (tertiary/aromatic N) is 1. The Morgan fingerprint density at radius 2 is 1.78 bits per heavy atom. The molecule has 0 bridgehead atoms. The van der Waals surface area contributed by atoms with E-state index in [1.54, 1.807) is 7.11 Å². The molecule has 0 spiro atoms. The number of rotatable bonds is 3. The summed E-state index contributed by atoms with van der Waals surface area (Å²) in [6.07, 6.45) is 1.85. The molecule has 0 aromatic heterocycles. The van der Waals surface area contributed by atoms with Crippen LogP contribution in [0.4, 0.5) is 5.69 Å². The number of ether oxygens (including phenoxy) is 1. The highest BCUT2D eigenvalue weighted by Gasteiger charge is 2.00. The lowest BCUT2D eigenvalue weighted by Gasteiger charge is -2.05. The summed E-state index contributed by atoms with van der Waals surface area (Å²) in [5.41, 5.74) is 4.45. The topological polar surface area (TPSA) is 21.6 Å². The van der Waals surface area contributed by atoms with Crippen LogP contribution in [0.1, 0.15) is 16.7 Å². The number of benzene rings is 2. The molecule has 0 aliphatic heterocycles. The first-order valence-corrected chi connectivity index (χ1v) is 5.95. The van der Waals surface area contributed by atoms with E-state index in [-0.39, 0.29) is 0 Å². The summed E-state index contributed by atoms with van der Waals surface area (Å²) in [6, 6.07) is 14.0. The van der Waals surface area contributed by atoms with Crippen molar-refractivity contribution in [1.82, 2.24) is 0 Å². The summed E-state index contributed by atoms with van der Waals surface area (Å²) < 4.78 is 5.30. The van der Waals surface area contributed by atoms with Crippen molar-refractivity contribution in [1.29, 1.82) is 0 Å². The summed E-state index contributed by atoms with van der Waals surface area (Å²) in [5.74, 6) is 0.839. The molecule has 2 aromatic carbocycles. The highest BCUT2D eigenvalue weighted by molar-refractivity contribution is 5.85. The Kier molecular flexibility index (Phi) is 3.78. The molecule has 0 amide bonds. The zero-order chi connectivity index (χ0) is 13.0. The fourth-order valence-corrected chi connectivity index (χ4v) is 1.79. The summed E-state index contributed by atoms with van der Waals surface area (Å²) in [4.78, 5) is 4.54. The van der Waals surface area contributed by atoms with Crippen molar-refractivity contribution in [2.24, 2.45) is 4.99 Å². The minimum atomic E-state index is 0.839. The fraction of sp³-hybridized carbons (Fsp3) is 0.188. The van der Waals surface area contributed by atoms with Crippen LogP contribution in [0.25, 0.3) is 0 Å². The molecule has 0 atom stereocenters. The average molecular weight is 239 g/mol. The smallest absolute Gasteiger partial charge is 0.127 e. The van der Waals surface area contributed by atoms with Crippen LogP contribution in [0, 0.1) is 13.8 Å². The molecular weight excluding hydrogens is 222 g/mol. The van der Waals surface area contributed by atoms with Crippen LogP contribution >= 0.6 is 0 Å². The predicted molar refractivity (Wildman–Crippen MR) is 76.2 cm³/mol. The van der Waals surface area contributed by atoms with E-state index >= 15 is 0 Å². The van der Waals surface area contributed by atoms with E-state index in [4.69, 9.17) is 4.74 Å². The van der Waals surface area contributed by atoms with Gasteiger partial charge in [-0.1, -0.05) is 24.3 Å². The van der Waals surface area contributed by atoms with Crippen molar-refractivity contribution in [2.45, 2.75) is 13.8 Å². The Bertz CT molecular complexity index is 573. The molecule has 2 heteroatoms. The van der Waals surface area contributed by atoms with Crippen molar-refractivity contribution in [2.75, 3.05) is 7.11 Å². The van der Waals surface area contributed by atoms with Gasteiger partial charge < -0.3 is 4.74 Å². The van der Waals surface area contributed by atoms with Gasteiger partial charge in [0.2, 0.25) is 0 Å². The molecule has 0 unspecified atom stereocenters. The van der Waals surface area contributed by atoms with Crippen LogP contribution in [-0.2, 0) is 0 Å². The third kappa shape index (κ3) is 2.59. The monoisotopic (exact) mass is 239 g/mol. The van der Waals surface area contributed by atoms with Crippen molar-refractivity contribution < 1.29 is 4.74 Å². The van der Waals surface area contributed by atoms with E-state index in [0.29, 0.717) is 0 Å². The molecule has 2 aromatic rings. The standard InChI is InChI=1S/C16H17NO/c1-12-7-6-9-15(13(12)2)17-11-14-8-4-5-10-16(14)18-3/h4-11H,1-3H3. The molecule has 0 saturated heterocycles. The van der Waals surface area contributed by atoms with Crippen LogP contribution < -0.4 is 4.74 Å². The van der Waals surface area contributed by atoms with E-state index in [2.05, 4.69) is 24.9 Å². The van der Waals surface area contributed by atoms with E-state index in [1.807, 2.05) is 42.6 Å². The summed E-state index contributed by atoms with van der Waals surface area (Å²) in [6.45, 7) is 4.18. The Labute approximate surface area is 108 Å². The van der Waals surface area contributed by atoms with Gasteiger partial charge in [-0.25, -0.2) is 0 Å². The zero-order valence-corrected chi connectivity index (χ0v) is 11.0. The van der Waals surface area contributed by atoms with Gasteiger partial charge in [0.25, 0.3) is 0 Å². The number of para-hydroxylation sites is 1. The molecule has 0 aliphatic carbocycles. The van der Waals surface area contributed by atoms with E-state index in [1.165, 1.54) is 11.1 Å². The molecule has 0 radical (unpaired) electrons. The first kappa shape index (κ1) is 12.4. The van der Waals surface area contributed by atoms with Crippen LogP contribution in [0.15, 0.2) is 47.5 Å². The molecule has 0 saturated carbocycles. The number of aryl methyl sites for hydroxylation is 1. The second-order valence-corrected chi connectivity index (χ2v) is 4.22. The minimum absolute atomic E-state index is 0.839. The molecule has 92 valence electrons. The lowest BCUT2D eigenvalue weighted by atomic mass is 10.1. The maximum absolute atomic E-state index is 5.30. The molecule has 0 N–H and O–H groups in total. The first-order chi connectivity index (χ1) is 8.72. The van der Waals surface area contributed by atoms with Crippen LogP contribution in [0.3, 0.4) is 0 Å². The van der Waals surface area contributed by atoms with Gasteiger partial charge in [-0.15, -0.1) is 0 Å². The normalized spacial score (nSPS) is 10.8. The second kappa shape index (κ2) is 5.50. The summed E-state index contributed by atoms with van der Waals surface area (Å²) >= 11 is 0. The Morgan fingerprint density at radius 3 is 2.56 bits per heavy atom. The number of aliphatic imine (C=N–C) groups is 1. The Morgan fingerprint density at radius 1 is 1.00 bits per heavy atom. The van der Waals surface area contributed by atoms with Gasteiger partial charge in [-0.2, -0.15) is 0 Å². The van der Waals surface area contributed by atoms with E-state index in [9.17, 15) is 0 Å². The quantitative estimate of drug-likeness (QED) is 0.740. The third-order valence-corrected chi connectivity index (χ3v) is 3.06. The molecule has 18 heavy (non-hydrogen) atoms. The highest BCUT2D eigenvalue weighted by Crippen LogP contribution is 2.22. The van der Waals surface area contributed by atoms with E-state index in [0.717, 1.165) is 17.0 Å². The lowest BCUT2D eigenvalue weighted by molar-refractivity contribution is 0.414.